The summed E-state index contributed by atoms with van der Waals surface area (Å²) < 4.78 is 0. The monoisotopic (exact) mass is 240 g/mol. The first-order chi connectivity index (χ1) is 7.76. The fourth-order valence-electron chi connectivity index (χ4n) is 2.30. The summed E-state index contributed by atoms with van der Waals surface area (Å²) in [5.74, 6) is 0. The molecule has 2 N–H and O–H groups in total. The van der Waals surface area contributed by atoms with Gasteiger partial charge >= 0.3 is 0 Å². The molecule has 2 rings (SSSR count). The van der Waals surface area contributed by atoms with E-state index >= 15 is 0 Å². The Morgan fingerprint density at radius 2 is 2.19 bits per heavy atom. The Labute approximate surface area is 101 Å². The molecular formula is C12H17ClN2O. The Morgan fingerprint density at radius 3 is 2.81 bits per heavy atom. The average molecular weight is 241 g/mol. The predicted molar refractivity (Wildman–Crippen MR) is 64.6 cm³/mol. The molecule has 0 saturated carbocycles. The van der Waals surface area contributed by atoms with Gasteiger partial charge in [0.2, 0.25) is 0 Å². The zero-order chi connectivity index (χ0) is 11.4. The van der Waals surface area contributed by atoms with E-state index < -0.39 is 0 Å². The molecule has 88 valence electrons. The Morgan fingerprint density at radius 1 is 1.44 bits per heavy atom. The van der Waals surface area contributed by atoms with Crippen molar-refractivity contribution in [3.8, 4) is 0 Å². The fraction of sp³-hybridized carbons (Fsp3) is 0.583. The van der Waals surface area contributed by atoms with Gasteiger partial charge in [-0.3, -0.25) is 4.98 Å². The minimum Gasteiger partial charge on any atom is -0.396 e. The van der Waals surface area contributed by atoms with Crippen molar-refractivity contribution in [3.63, 3.8) is 0 Å². The Balaban J connectivity index is 2.15. The molecule has 0 aromatic carbocycles. The van der Waals surface area contributed by atoms with Crippen LogP contribution in [0.1, 0.15) is 18.4 Å². The number of pyridine rings is 1. The van der Waals surface area contributed by atoms with E-state index in [0.717, 1.165) is 37.9 Å². The maximum Gasteiger partial charge on any atom is 0.0621 e. The van der Waals surface area contributed by atoms with Gasteiger partial charge in [-0.05, 0) is 49.4 Å². The van der Waals surface area contributed by atoms with Gasteiger partial charge in [0.15, 0.2) is 0 Å². The normalized spacial score (nSPS) is 19.6. The van der Waals surface area contributed by atoms with E-state index in [9.17, 15) is 5.11 Å². The Bertz CT molecular complexity index is 351. The lowest BCUT2D eigenvalue weighted by molar-refractivity contribution is 0.0893. The van der Waals surface area contributed by atoms with Gasteiger partial charge in [0.25, 0.3) is 0 Å². The highest BCUT2D eigenvalue weighted by atomic mass is 35.5. The number of halogens is 1. The molecule has 0 bridgehead atoms. The zero-order valence-electron chi connectivity index (χ0n) is 9.25. The topological polar surface area (TPSA) is 45.2 Å². The molecule has 2 heterocycles. The van der Waals surface area contributed by atoms with Crippen LogP contribution in [0.25, 0.3) is 0 Å². The fourth-order valence-corrected chi connectivity index (χ4v) is 2.49. The molecule has 0 amide bonds. The number of rotatable bonds is 3. The highest BCUT2D eigenvalue weighted by Crippen LogP contribution is 2.34. The number of hydrogen-bond acceptors (Lipinski definition) is 3. The molecule has 0 aliphatic carbocycles. The number of piperidine rings is 1. The zero-order valence-corrected chi connectivity index (χ0v) is 10.0. The number of hydrogen-bond donors (Lipinski definition) is 2. The third-order valence-corrected chi connectivity index (χ3v) is 3.76. The van der Waals surface area contributed by atoms with Gasteiger partial charge in [0.1, 0.15) is 0 Å². The van der Waals surface area contributed by atoms with Gasteiger partial charge in [-0.2, -0.15) is 0 Å². The highest BCUT2D eigenvalue weighted by Gasteiger charge is 2.31. The van der Waals surface area contributed by atoms with Gasteiger partial charge in [-0.25, -0.2) is 0 Å². The SMILES string of the molecule is OCC1(Cc2ccncc2Cl)CCNCC1. The maximum atomic E-state index is 9.61. The summed E-state index contributed by atoms with van der Waals surface area (Å²) in [5.41, 5.74) is 1.09. The van der Waals surface area contributed by atoms with E-state index in [1.807, 2.05) is 6.07 Å². The van der Waals surface area contributed by atoms with Crippen LogP contribution < -0.4 is 5.32 Å². The summed E-state index contributed by atoms with van der Waals surface area (Å²) in [4.78, 5) is 3.98. The average Bonchev–Trinajstić information content (AvgIpc) is 2.33. The molecule has 0 radical (unpaired) electrons. The molecule has 1 aromatic heterocycles. The van der Waals surface area contributed by atoms with Crippen molar-refractivity contribution in [1.29, 1.82) is 0 Å². The lowest BCUT2D eigenvalue weighted by atomic mass is 9.75. The second kappa shape index (κ2) is 5.13. The van der Waals surface area contributed by atoms with Crippen molar-refractivity contribution in [1.82, 2.24) is 10.3 Å². The summed E-state index contributed by atoms with van der Waals surface area (Å²) in [5, 5.41) is 13.6. The molecule has 16 heavy (non-hydrogen) atoms. The summed E-state index contributed by atoms with van der Waals surface area (Å²) in [6, 6.07) is 1.95. The standard InChI is InChI=1S/C12H17ClN2O/c13-11-8-15-4-1-10(11)7-12(9-16)2-5-14-6-3-12/h1,4,8,14,16H,2-3,5-7,9H2. The van der Waals surface area contributed by atoms with E-state index in [2.05, 4.69) is 10.3 Å². The van der Waals surface area contributed by atoms with Crippen LogP contribution in [0.4, 0.5) is 0 Å². The van der Waals surface area contributed by atoms with E-state index in [-0.39, 0.29) is 12.0 Å². The minimum atomic E-state index is -0.00373. The Hall–Kier alpha value is -0.640. The van der Waals surface area contributed by atoms with Crippen molar-refractivity contribution in [2.24, 2.45) is 5.41 Å². The van der Waals surface area contributed by atoms with Crippen LogP contribution in [0, 0.1) is 5.41 Å². The van der Waals surface area contributed by atoms with Gasteiger partial charge < -0.3 is 10.4 Å². The molecule has 0 spiro atoms. The number of nitrogens with zero attached hydrogens (tertiary/aromatic N) is 1. The molecule has 1 aliphatic rings. The number of aliphatic hydroxyl groups excluding tert-OH is 1. The molecule has 0 atom stereocenters. The van der Waals surface area contributed by atoms with Crippen molar-refractivity contribution < 1.29 is 5.11 Å². The van der Waals surface area contributed by atoms with Crippen molar-refractivity contribution in [2.45, 2.75) is 19.3 Å². The Kier molecular flexibility index (Phi) is 3.79. The molecule has 1 aliphatic heterocycles. The van der Waals surface area contributed by atoms with Gasteiger partial charge in [-0.1, -0.05) is 11.6 Å². The molecular weight excluding hydrogens is 224 g/mol. The maximum absolute atomic E-state index is 9.61. The lowest BCUT2D eigenvalue weighted by Gasteiger charge is -2.36. The minimum absolute atomic E-state index is 0.00373. The summed E-state index contributed by atoms with van der Waals surface area (Å²) >= 11 is 6.10. The smallest absolute Gasteiger partial charge is 0.0621 e. The largest absolute Gasteiger partial charge is 0.396 e. The first-order valence-electron chi connectivity index (χ1n) is 5.66. The highest BCUT2D eigenvalue weighted by molar-refractivity contribution is 6.31. The van der Waals surface area contributed by atoms with Crippen LogP contribution in [0.5, 0.6) is 0 Å². The molecule has 1 fully saturated rings. The second-order valence-corrected chi connectivity index (χ2v) is 4.96. The van der Waals surface area contributed by atoms with E-state index in [4.69, 9.17) is 11.6 Å². The summed E-state index contributed by atoms with van der Waals surface area (Å²) in [6.07, 6.45) is 6.27. The molecule has 1 aromatic rings. The van der Waals surface area contributed by atoms with Crippen molar-refractivity contribution in [3.05, 3.63) is 29.0 Å². The van der Waals surface area contributed by atoms with E-state index in [0.29, 0.717) is 5.02 Å². The first kappa shape index (κ1) is 11.8. The molecule has 3 nitrogen and oxygen atoms in total. The van der Waals surface area contributed by atoms with E-state index in [1.165, 1.54) is 0 Å². The van der Waals surface area contributed by atoms with Gasteiger partial charge in [0, 0.05) is 19.0 Å². The first-order valence-corrected chi connectivity index (χ1v) is 6.04. The molecule has 4 heteroatoms. The lowest BCUT2D eigenvalue weighted by Crippen LogP contribution is -2.40. The third-order valence-electron chi connectivity index (χ3n) is 3.42. The summed E-state index contributed by atoms with van der Waals surface area (Å²) in [6.45, 7) is 2.18. The van der Waals surface area contributed by atoms with Crippen LogP contribution in [-0.4, -0.2) is 29.8 Å². The number of aliphatic hydroxyl groups is 1. The van der Waals surface area contributed by atoms with Crippen LogP contribution in [0.2, 0.25) is 5.02 Å². The van der Waals surface area contributed by atoms with Crippen LogP contribution >= 0.6 is 11.6 Å². The molecule has 0 unspecified atom stereocenters. The van der Waals surface area contributed by atoms with E-state index in [1.54, 1.807) is 12.4 Å². The second-order valence-electron chi connectivity index (χ2n) is 4.55. The third kappa shape index (κ3) is 2.54. The number of nitrogens with one attached hydrogen (secondary N) is 1. The summed E-state index contributed by atoms with van der Waals surface area (Å²) in [7, 11) is 0. The molecule has 1 saturated heterocycles. The van der Waals surface area contributed by atoms with Crippen LogP contribution in [0.15, 0.2) is 18.5 Å². The van der Waals surface area contributed by atoms with Crippen LogP contribution in [0.3, 0.4) is 0 Å². The van der Waals surface area contributed by atoms with Crippen molar-refractivity contribution >= 4 is 11.6 Å². The predicted octanol–water partition coefficient (Wildman–Crippen LogP) is 1.64. The quantitative estimate of drug-likeness (QED) is 0.845. The van der Waals surface area contributed by atoms with Gasteiger partial charge in [-0.15, -0.1) is 0 Å². The number of aromatic nitrogens is 1. The van der Waals surface area contributed by atoms with Gasteiger partial charge in [0.05, 0.1) is 5.02 Å². The van der Waals surface area contributed by atoms with Crippen molar-refractivity contribution in [2.75, 3.05) is 19.7 Å². The van der Waals surface area contributed by atoms with Crippen LogP contribution in [-0.2, 0) is 6.42 Å².